The molecule has 0 bridgehead atoms. The average Bonchev–Trinajstić information content (AvgIpc) is 2.61. The lowest BCUT2D eigenvalue weighted by Gasteiger charge is -2.18. The fraction of sp³-hybridized carbons (Fsp3) is 0.643. The third-order valence-electron chi connectivity index (χ3n) is 3.28. The van der Waals surface area contributed by atoms with E-state index in [2.05, 4.69) is 38.3 Å². The molecular formula is C14H23N3. The number of rotatable bonds is 5. The minimum atomic E-state index is 0.337. The number of nitrogens with two attached hydrogens (primary N) is 1. The van der Waals surface area contributed by atoms with Gasteiger partial charge in [0.15, 0.2) is 0 Å². The molecule has 0 unspecified atom stereocenters. The molecule has 1 heterocycles. The first-order valence-corrected chi connectivity index (χ1v) is 6.40. The number of nitrogens with zero attached hydrogens (tertiary/aromatic N) is 2. The third kappa shape index (κ3) is 3.03. The Labute approximate surface area is 104 Å². The summed E-state index contributed by atoms with van der Waals surface area (Å²) in [6.07, 6.45) is 3.07. The molecule has 0 fully saturated rings. The minimum absolute atomic E-state index is 0.337. The Hall–Kier alpha value is -1.43. The van der Waals surface area contributed by atoms with Gasteiger partial charge in [0.2, 0.25) is 0 Å². The molecule has 0 radical (unpaired) electrons. The molecular weight excluding hydrogens is 210 g/mol. The molecule has 1 rings (SSSR count). The van der Waals surface area contributed by atoms with Crippen molar-refractivity contribution in [3.63, 3.8) is 0 Å². The van der Waals surface area contributed by atoms with E-state index in [1.54, 1.807) is 0 Å². The van der Waals surface area contributed by atoms with Crippen LogP contribution in [-0.2, 0) is 6.42 Å². The first-order valence-electron chi connectivity index (χ1n) is 6.40. The summed E-state index contributed by atoms with van der Waals surface area (Å²) < 4.78 is 2.11. The fourth-order valence-electron chi connectivity index (χ4n) is 2.05. The van der Waals surface area contributed by atoms with Crippen LogP contribution in [0.5, 0.6) is 0 Å². The standard InChI is InChI=1S/C14H23N3/c1-5-11(4)17-12(9-15)8-13(16)14(17)7-6-10(2)3/h8,10-11H,5-7,16H2,1-4H3/t11-/m0/s1. The quantitative estimate of drug-likeness (QED) is 0.846. The monoisotopic (exact) mass is 233 g/mol. The first kappa shape index (κ1) is 13.6. The zero-order chi connectivity index (χ0) is 13.0. The molecule has 0 spiro atoms. The predicted octanol–water partition coefficient (Wildman–Crippen LogP) is 3.50. The molecule has 0 aliphatic rings. The van der Waals surface area contributed by atoms with Gasteiger partial charge in [0, 0.05) is 11.7 Å². The Kier molecular flexibility index (Phi) is 4.62. The van der Waals surface area contributed by atoms with Crippen LogP contribution in [0.4, 0.5) is 5.69 Å². The van der Waals surface area contributed by atoms with Gasteiger partial charge in [0.05, 0.1) is 5.69 Å². The second-order valence-corrected chi connectivity index (χ2v) is 5.10. The molecule has 3 nitrogen and oxygen atoms in total. The second-order valence-electron chi connectivity index (χ2n) is 5.10. The maximum absolute atomic E-state index is 9.15. The van der Waals surface area contributed by atoms with Gasteiger partial charge in [-0.05, 0) is 38.2 Å². The summed E-state index contributed by atoms with van der Waals surface area (Å²) in [5, 5.41) is 9.15. The maximum atomic E-state index is 9.15. The lowest BCUT2D eigenvalue weighted by Crippen LogP contribution is -2.11. The molecule has 0 aliphatic carbocycles. The van der Waals surface area contributed by atoms with E-state index in [4.69, 9.17) is 11.0 Å². The van der Waals surface area contributed by atoms with Crippen molar-refractivity contribution >= 4 is 5.69 Å². The normalized spacial score (nSPS) is 12.7. The van der Waals surface area contributed by atoms with Crippen LogP contribution in [0.25, 0.3) is 0 Å². The van der Waals surface area contributed by atoms with Crippen LogP contribution < -0.4 is 5.73 Å². The van der Waals surface area contributed by atoms with E-state index < -0.39 is 0 Å². The SMILES string of the molecule is CC[C@H](C)n1c(C#N)cc(N)c1CCC(C)C. The number of hydrogen-bond acceptors (Lipinski definition) is 2. The molecule has 94 valence electrons. The van der Waals surface area contributed by atoms with Crippen molar-refractivity contribution in [3.8, 4) is 6.07 Å². The van der Waals surface area contributed by atoms with E-state index in [1.807, 2.05) is 6.07 Å². The highest BCUT2D eigenvalue weighted by Crippen LogP contribution is 2.26. The van der Waals surface area contributed by atoms with Gasteiger partial charge in [0.25, 0.3) is 0 Å². The van der Waals surface area contributed by atoms with Crippen molar-refractivity contribution in [3.05, 3.63) is 17.5 Å². The summed E-state index contributed by atoms with van der Waals surface area (Å²) in [7, 11) is 0. The Balaban J connectivity index is 3.09. The molecule has 3 heteroatoms. The third-order valence-corrected chi connectivity index (χ3v) is 3.28. The van der Waals surface area contributed by atoms with Gasteiger partial charge >= 0.3 is 0 Å². The van der Waals surface area contributed by atoms with Crippen molar-refractivity contribution in [2.75, 3.05) is 5.73 Å². The minimum Gasteiger partial charge on any atom is -0.397 e. The van der Waals surface area contributed by atoms with Crippen LogP contribution in [0.1, 0.15) is 58.0 Å². The highest BCUT2D eigenvalue weighted by Gasteiger charge is 2.16. The summed E-state index contributed by atoms with van der Waals surface area (Å²) in [4.78, 5) is 0. The molecule has 2 N–H and O–H groups in total. The van der Waals surface area contributed by atoms with Crippen molar-refractivity contribution in [2.45, 2.75) is 53.0 Å². The van der Waals surface area contributed by atoms with Gasteiger partial charge in [-0.15, -0.1) is 0 Å². The highest BCUT2D eigenvalue weighted by molar-refractivity contribution is 5.51. The van der Waals surface area contributed by atoms with E-state index in [1.165, 1.54) is 0 Å². The molecule has 0 aromatic carbocycles. The summed E-state index contributed by atoms with van der Waals surface area (Å²) in [5.74, 6) is 0.653. The first-order chi connectivity index (χ1) is 8.01. The molecule has 0 saturated carbocycles. The molecule has 1 aromatic heterocycles. The number of nitrogen functional groups attached to an aromatic ring is 1. The van der Waals surface area contributed by atoms with Crippen LogP contribution in [-0.4, -0.2) is 4.57 Å². The lowest BCUT2D eigenvalue weighted by molar-refractivity contribution is 0.493. The van der Waals surface area contributed by atoms with Crippen LogP contribution >= 0.6 is 0 Å². The van der Waals surface area contributed by atoms with E-state index in [9.17, 15) is 0 Å². The average molecular weight is 233 g/mol. The van der Waals surface area contributed by atoms with E-state index in [0.717, 1.165) is 30.6 Å². The van der Waals surface area contributed by atoms with E-state index >= 15 is 0 Å². The highest BCUT2D eigenvalue weighted by atomic mass is 15.0. The summed E-state index contributed by atoms with van der Waals surface area (Å²) in [5.41, 5.74) is 8.61. The molecule has 0 saturated heterocycles. The predicted molar refractivity (Wildman–Crippen MR) is 71.7 cm³/mol. The van der Waals surface area contributed by atoms with Crippen molar-refractivity contribution in [1.29, 1.82) is 5.26 Å². The van der Waals surface area contributed by atoms with Gasteiger partial charge in [-0.3, -0.25) is 0 Å². The van der Waals surface area contributed by atoms with Crippen LogP contribution in [0.2, 0.25) is 0 Å². The smallest absolute Gasteiger partial charge is 0.122 e. The molecule has 0 amide bonds. The number of hydrogen-bond donors (Lipinski definition) is 1. The second kappa shape index (κ2) is 5.77. The maximum Gasteiger partial charge on any atom is 0.122 e. The summed E-state index contributed by atoms with van der Waals surface area (Å²) in [6, 6.07) is 4.39. The van der Waals surface area contributed by atoms with Crippen molar-refractivity contribution < 1.29 is 0 Å². The Morgan fingerprint density at radius 2 is 2.06 bits per heavy atom. The molecule has 1 atom stereocenters. The van der Waals surface area contributed by atoms with E-state index in [-0.39, 0.29) is 0 Å². The zero-order valence-corrected chi connectivity index (χ0v) is 11.3. The van der Waals surface area contributed by atoms with Gasteiger partial charge < -0.3 is 10.3 Å². The molecule has 17 heavy (non-hydrogen) atoms. The number of nitriles is 1. The summed E-state index contributed by atoms with van der Waals surface area (Å²) in [6.45, 7) is 8.68. The molecule has 1 aromatic rings. The van der Waals surface area contributed by atoms with Crippen LogP contribution in [0.15, 0.2) is 6.07 Å². The van der Waals surface area contributed by atoms with Gasteiger partial charge in [-0.2, -0.15) is 5.26 Å². The van der Waals surface area contributed by atoms with Gasteiger partial charge in [0.1, 0.15) is 11.8 Å². The molecule has 0 aliphatic heterocycles. The van der Waals surface area contributed by atoms with Crippen LogP contribution in [0, 0.1) is 17.2 Å². The Bertz CT molecular complexity index is 410. The topological polar surface area (TPSA) is 54.7 Å². The zero-order valence-electron chi connectivity index (χ0n) is 11.3. The van der Waals surface area contributed by atoms with Crippen molar-refractivity contribution in [2.24, 2.45) is 5.92 Å². The number of aromatic nitrogens is 1. The Morgan fingerprint density at radius 1 is 1.41 bits per heavy atom. The number of anilines is 1. The van der Waals surface area contributed by atoms with Gasteiger partial charge in [-0.25, -0.2) is 0 Å². The van der Waals surface area contributed by atoms with E-state index in [0.29, 0.717) is 17.7 Å². The van der Waals surface area contributed by atoms with Crippen molar-refractivity contribution in [1.82, 2.24) is 4.57 Å². The fourth-order valence-corrected chi connectivity index (χ4v) is 2.05. The van der Waals surface area contributed by atoms with Crippen LogP contribution in [0.3, 0.4) is 0 Å². The Morgan fingerprint density at radius 3 is 2.53 bits per heavy atom. The lowest BCUT2D eigenvalue weighted by atomic mass is 10.1. The summed E-state index contributed by atoms with van der Waals surface area (Å²) >= 11 is 0. The van der Waals surface area contributed by atoms with Gasteiger partial charge in [-0.1, -0.05) is 20.8 Å². The largest absolute Gasteiger partial charge is 0.397 e.